The lowest BCUT2D eigenvalue weighted by Crippen LogP contribution is -1.98. The fourth-order valence-electron chi connectivity index (χ4n) is 2.95. The molecule has 0 saturated heterocycles. The highest BCUT2D eigenvalue weighted by atomic mass is 16.4. The van der Waals surface area contributed by atoms with Crippen LogP contribution in [0.3, 0.4) is 0 Å². The maximum atomic E-state index is 11.2. The predicted molar refractivity (Wildman–Crippen MR) is 67.7 cm³/mol. The van der Waals surface area contributed by atoms with Crippen LogP contribution in [-0.4, -0.2) is 11.1 Å². The Balaban J connectivity index is 2.46. The van der Waals surface area contributed by atoms with E-state index >= 15 is 0 Å². The number of carboxylic acids is 1. The van der Waals surface area contributed by atoms with Gasteiger partial charge in [0.25, 0.3) is 0 Å². The van der Waals surface area contributed by atoms with E-state index in [2.05, 4.69) is 19.9 Å². The lowest BCUT2D eigenvalue weighted by atomic mass is 9.93. The Hall–Kier alpha value is -1.83. The van der Waals surface area contributed by atoms with E-state index in [1.165, 1.54) is 11.1 Å². The van der Waals surface area contributed by atoms with Gasteiger partial charge in [-0.2, -0.15) is 0 Å². The Morgan fingerprint density at radius 2 is 1.71 bits per heavy atom. The van der Waals surface area contributed by atoms with E-state index in [9.17, 15) is 9.90 Å². The molecular formula is C15H14O2. The minimum atomic E-state index is -0.846. The summed E-state index contributed by atoms with van der Waals surface area (Å²) in [7, 11) is 0. The summed E-state index contributed by atoms with van der Waals surface area (Å²) in [5, 5.41) is 11.3. The number of carboxylic acid groups (broad SMARTS) is 1. The highest BCUT2D eigenvalue weighted by Crippen LogP contribution is 2.46. The van der Waals surface area contributed by atoms with Gasteiger partial charge < -0.3 is 5.11 Å². The van der Waals surface area contributed by atoms with Crippen molar-refractivity contribution in [2.75, 3.05) is 0 Å². The van der Waals surface area contributed by atoms with E-state index in [1.807, 2.05) is 18.2 Å². The minimum absolute atomic E-state index is 0.409. The van der Waals surface area contributed by atoms with Gasteiger partial charge in [0.2, 0.25) is 0 Å². The molecule has 3 rings (SSSR count). The van der Waals surface area contributed by atoms with Gasteiger partial charge >= 0.3 is 5.97 Å². The fourth-order valence-corrected chi connectivity index (χ4v) is 2.95. The molecule has 1 N–H and O–H groups in total. The topological polar surface area (TPSA) is 37.3 Å². The van der Waals surface area contributed by atoms with E-state index < -0.39 is 5.97 Å². The molecule has 2 unspecified atom stereocenters. The standard InChI is InChI=1S/C15H14O2/c1-8-9(2)11-6-7-13(15(16)17)12-5-3-4-10(8)14(11)12/h3-9H,1-2H3,(H,16,17). The second-order valence-electron chi connectivity index (χ2n) is 4.85. The molecule has 1 aliphatic carbocycles. The van der Waals surface area contributed by atoms with Crippen molar-refractivity contribution in [3.8, 4) is 0 Å². The van der Waals surface area contributed by atoms with Crippen LogP contribution in [0.2, 0.25) is 0 Å². The first-order chi connectivity index (χ1) is 8.11. The van der Waals surface area contributed by atoms with Crippen LogP contribution in [0.1, 0.15) is 47.2 Å². The molecule has 0 aromatic heterocycles. The smallest absolute Gasteiger partial charge is 0.336 e. The summed E-state index contributed by atoms with van der Waals surface area (Å²) in [6, 6.07) is 9.70. The Morgan fingerprint density at radius 1 is 1.06 bits per heavy atom. The van der Waals surface area contributed by atoms with Crippen LogP contribution in [0.5, 0.6) is 0 Å². The normalized spacial score (nSPS) is 22.0. The average molecular weight is 226 g/mol. The summed E-state index contributed by atoms with van der Waals surface area (Å²) >= 11 is 0. The maximum absolute atomic E-state index is 11.2. The Kier molecular flexibility index (Phi) is 2.02. The molecule has 2 heteroatoms. The molecule has 0 spiro atoms. The zero-order valence-corrected chi connectivity index (χ0v) is 9.90. The van der Waals surface area contributed by atoms with Crippen molar-refractivity contribution in [1.82, 2.24) is 0 Å². The van der Waals surface area contributed by atoms with Gasteiger partial charge in [0.1, 0.15) is 0 Å². The highest BCUT2D eigenvalue weighted by Gasteiger charge is 2.29. The van der Waals surface area contributed by atoms with Crippen molar-refractivity contribution in [3.05, 3.63) is 47.0 Å². The maximum Gasteiger partial charge on any atom is 0.336 e. The van der Waals surface area contributed by atoms with Crippen LogP contribution in [0.15, 0.2) is 30.3 Å². The Bertz CT molecular complexity index is 614. The highest BCUT2D eigenvalue weighted by molar-refractivity contribution is 6.06. The monoisotopic (exact) mass is 226 g/mol. The first-order valence-electron chi connectivity index (χ1n) is 5.90. The zero-order chi connectivity index (χ0) is 12.2. The van der Waals surface area contributed by atoms with Gasteiger partial charge in [0, 0.05) is 0 Å². The number of aromatic carboxylic acids is 1. The molecule has 0 heterocycles. The van der Waals surface area contributed by atoms with Gasteiger partial charge in [0.15, 0.2) is 0 Å². The molecule has 0 aliphatic heterocycles. The van der Waals surface area contributed by atoms with E-state index in [1.54, 1.807) is 6.07 Å². The number of carbonyl (C=O) groups is 1. The van der Waals surface area contributed by atoms with Crippen LogP contribution in [0.25, 0.3) is 10.8 Å². The third-order valence-corrected chi connectivity index (χ3v) is 4.07. The van der Waals surface area contributed by atoms with Gasteiger partial charge in [-0.25, -0.2) is 4.79 Å². The SMILES string of the molecule is CC1c2cccc3c(C(=O)O)ccc(c23)C1C. The van der Waals surface area contributed by atoms with E-state index in [0.29, 0.717) is 17.4 Å². The molecule has 2 atom stereocenters. The molecule has 0 bridgehead atoms. The van der Waals surface area contributed by atoms with Crippen molar-refractivity contribution in [3.63, 3.8) is 0 Å². The largest absolute Gasteiger partial charge is 0.478 e. The molecule has 0 radical (unpaired) electrons. The van der Waals surface area contributed by atoms with Crippen molar-refractivity contribution < 1.29 is 9.90 Å². The first kappa shape index (κ1) is 10.3. The second kappa shape index (κ2) is 3.33. The van der Waals surface area contributed by atoms with Crippen LogP contribution < -0.4 is 0 Å². The van der Waals surface area contributed by atoms with Crippen LogP contribution in [-0.2, 0) is 0 Å². The van der Waals surface area contributed by atoms with Crippen LogP contribution in [0.4, 0.5) is 0 Å². The summed E-state index contributed by atoms with van der Waals surface area (Å²) in [6.07, 6.45) is 0. The van der Waals surface area contributed by atoms with Crippen LogP contribution >= 0.6 is 0 Å². The molecule has 2 aromatic rings. The van der Waals surface area contributed by atoms with E-state index in [-0.39, 0.29) is 0 Å². The molecule has 86 valence electrons. The third kappa shape index (κ3) is 1.24. The molecule has 0 amide bonds. The minimum Gasteiger partial charge on any atom is -0.478 e. The van der Waals surface area contributed by atoms with Crippen molar-refractivity contribution >= 4 is 16.7 Å². The van der Waals surface area contributed by atoms with Crippen molar-refractivity contribution in [1.29, 1.82) is 0 Å². The average Bonchev–Trinajstić information content (AvgIpc) is 2.57. The third-order valence-electron chi connectivity index (χ3n) is 4.07. The van der Waals surface area contributed by atoms with Gasteiger partial charge in [-0.1, -0.05) is 38.1 Å². The predicted octanol–water partition coefficient (Wildman–Crippen LogP) is 3.76. The summed E-state index contributed by atoms with van der Waals surface area (Å²) in [6.45, 7) is 4.42. The Morgan fingerprint density at radius 3 is 2.35 bits per heavy atom. The fraction of sp³-hybridized carbons (Fsp3) is 0.267. The quantitative estimate of drug-likeness (QED) is 0.803. The van der Waals surface area contributed by atoms with Gasteiger partial charge in [0.05, 0.1) is 5.56 Å². The molecule has 2 aromatic carbocycles. The number of benzene rings is 2. The summed E-state index contributed by atoms with van der Waals surface area (Å²) in [5.41, 5.74) is 2.98. The molecule has 0 saturated carbocycles. The number of hydrogen-bond acceptors (Lipinski definition) is 1. The molecule has 0 fully saturated rings. The lowest BCUT2D eigenvalue weighted by Gasteiger charge is -2.10. The molecule has 1 aliphatic rings. The zero-order valence-electron chi connectivity index (χ0n) is 9.90. The molecule has 2 nitrogen and oxygen atoms in total. The number of hydrogen-bond donors (Lipinski definition) is 1. The summed E-state index contributed by atoms with van der Waals surface area (Å²) in [5.74, 6) is 0.0939. The lowest BCUT2D eigenvalue weighted by molar-refractivity contribution is 0.0699. The molecular weight excluding hydrogens is 212 g/mol. The van der Waals surface area contributed by atoms with Crippen LogP contribution in [0, 0.1) is 0 Å². The van der Waals surface area contributed by atoms with Gasteiger partial charge in [-0.3, -0.25) is 0 Å². The van der Waals surface area contributed by atoms with Crippen molar-refractivity contribution in [2.24, 2.45) is 0 Å². The first-order valence-corrected chi connectivity index (χ1v) is 5.90. The van der Waals surface area contributed by atoms with E-state index in [0.717, 1.165) is 10.8 Å². The van der Waals surface area contributed by atoms with Gasteiger partial charge in [-0.05, 0) is 39.8 Å². The summed E-state index contributed by atoms with van der Waals surface area (Å²) < 4.78 is 0. The second-order valence-corrected chi connectivity index (χ2v) is 4.85. The van der Waals surface area contributed by atoms with Gasteiger partial charge in [-0.15, -0.1) is 0 Å². The molecule has 17 heavy (non-hydrogen) atoms. The van der Waals surface area contributed by atoms with E-state index in [4.69, 9.17) is 0 Å². The number of rotatable bonds is 1. The Labute approximate surface area is 99.9 Å². The summed E-state index contributed by atoms with van der Waals surface area (Å²) in [4.78, 5) is 11.2. The van der Waals surface area contributed by atoms with Crippen molar-refractivity contribution in [2.45, 2.75) is 25.7 Å².